The van der Waals surface area contributed by atoms with Gasteiger partial charge in [-0.3, -0.25) is 0 Å². The summed E-state index contributed by atoms with van der Waals surface area (Å²) in [6.45, 7) is 4.32. The number of rotatable bonds is 10. The van der Waals surface area contributed by atoms with Crippen LogP contribution in [0.2, 0.25) is 0 Å². The van der Waals surface area contributed by atoms with Crippen molar-refractivity contribution < 1.29 is 9.47 Å². The molecule has 4 heteroatoms. The van der Waals surface area contributed by atoms with Gasteiger partial charge in [0.15, 0.2) is 0 Å². The van der Waals surface area contributed by atoms with Gasteiger partial charge in [-0.25, -0.2) is 0 Å². The van der Waals surface area contributed by atoms with Crippen molar-refractivity contribution in [3.05, 3.63) is 0 Å². The molecular weight excluding hydrogens is 192 g/mol. The molecule has 0 rings (SSSR count). The molecule has 0 heterocycles. The average molecular weight is 214 g/mol. The summed E-state index contributed by atoms with van der Waals surface area (Å²) < 4.78 is 10.0. The molecule has 0 N–H and O–H groups in total. The Bertz CT molecular complexity index is 168. The van der Waals surface area contributed by atoms with Gasteiger partial charge >= 0.3 is 0 Å². The van der Waals surface area contributed by atoms with Crippen molar-refractivity contribution >= 4 is 0 Å². The molecule has 0 saturated heterocycles. The Balaban J connectivity index is 3.55. The Kier molecular flexibility index (Phi) is 11.0. The van der Waals surface area contributed by atoms with E-state index < -0.39 is 0 Å². The smallest absolute Gasteiger partial charge is 0.0635 e. The molecule has 0 bridgehead atoms. The summed E-state index contributed by atoms with van der Waals surface area (Å²) in [4.78, 5) is 2.27. The van der Waals surface area contributed by atoms with Crippen LogP contribution in [0.25, 0.3) is 0 Å². The summed E-state index contributed by atoms with van der Waals surface area (Å²) in [6, 6.07) is 2.17. The summed E-state index contributed by atoms with van der Waals surface area (Å²) in [5.74, 6) is 0. The summed E-state index contributed by atoms with van der Waals surface area (Å²) in [6.07, 6.45) is 2.78. The van der Waals surface area contributed by atoms with E-state index in [1.54, 1.807) is 14.2 Å². The van der Waals surface area contributed by atoms with E-state index in [1.165, 1.54) is 0 Å². The third kappa shape index (κ3) is 9.67. The van der Waals surface area contributed by atoms with Crippen LogP contribution in [0.3, 0.4) is 0 Å². The lowest BCUT2D eigenvalue weighted by Gasteiger charge is -2.20. The molecule has 0 aromatic rings. The maximum absolute atomic E-state index is 8.52. The second-order valence-electron chi connectivity index (χ2n) is 3.44. The highest BCUT2D eigenvalue weighted by molar-refractivity contribution is 4.72. The molecule has 0 fully saturated rings. The predicted octanol–water partition coefficient (Wildman–Crippen LogP) is 1.28. The summed E-state index contributed by atoms with van der Waals surface area (Å²) in [7, 11) is 3.42. The number of nitrogens with zero attached hydrogens (tertiary/aromatic N) is 2. The lowest BCUT2D eigenvalue weighted by molar-refractivity contribution is 0.142. The van der Waals surface area contributed by atoms with Crippen LogP contribution in [0.15, 0.2) is 0 Å². The van der Waals surface area contributed by atoms with E-state index in [2.05, 4.69) is 11.0 Å². The molecule has 0 aliphatic heterocycles. The zero-order valence-electron chi connectivity index (χ0n) is 9.87. The van der Waals surface area contributed by atoms with Crippen molar-refractivity contribution in [1.82, 2.24) is 4.90 Å². The van der Waals surface area contributed by atoms with Crippen LogP contribution in [0, 0.1) is 11.3 Å². The highest BCUT2D eigenvalue weighted by Crippen LogP contribution is 1.97. The van der Waals surface area contributed by atoms with Gasteiger partial charge < -0.3 is 14.4 Å². The number of methoxy groups -OCH3 is 2. The lowest BCUT2D eigenvalue weighted by atomic mass is 10.3. The van der Waals surface area contributed by atoms with Crippen LogP contribution in [0.1, 0.15) is 19.3 Å². The number of ether oxygens (including phenoxy) is 2. The van der Waals surface area contributed by atoms with Crippen LogP contribution in [-0.4, -0.2) is 52.0 Å². The normalized spacial score (nSPS) is 10.5. The molecular formula is C11H22N2O2. The van der Waals surface area contributed by atoms with E-state index in [0.29, 0.717) is 6.42 Å². The van der Waals surface area contributed by atoms with Crippen LogP contribution in [0.5, 0.6) is 0 Å². The van der Waals surface area contributed by atoms with E-state index in [0.717, 1.165) is 45.7 Å². The zero-order chi connectivity index (χ0) is 11.4. The van der Waals surface area contributed by atoms with Gasteiger partial charge in [0, 0.05) is 40.3 Å². The third-order valence-corrected chi connectivity index (χ3v) is 2.22. The molecule has 0 unspecified atom stereocenters. The van der Waals surface area contributed by atoms with Gasteiger partial charge in [-0.15, -0.1) is 0 Å². The van der Waals surface area contributed by atoms with Crippen molar-refractivity contribution in [3.8, 4) is 6.07 Å². The zero-order valence-corrected chi connectivity index (χ0v) is 9.87. The quantitative estimate of drug-likeness (QED) is 0.514. The van der Waals surface area contributed by atoms with E-state index in [4.69, 9.17) is 14.7 Å². The van der Waals surface area contributed by atoms with Gasteiger partial charge in [0.1, 0.15) is 0 Å². The molecule has 0 saturated carbocycles. The predicted molar refractivity (Wildman–Crippen MR) is 59.7 cm³/mol. The Labute approximate surface area is 92.8 Å². The van der Waals surface area contributed by atoms with Crippen molar-refractivity contribution in [2.45, 2.75) is 19.3 Å². The largest absolute Gasteiger partial charge is 0.385 e. The number of unbranched alkanes of at least 4 members (excludes halogenated alkanes) is 1. The van der Waals surface area contributed by atoms with E-state index in [9.17, 15) is 0 Å². The minimum absolute atomic E-state index is 0.591. The molecule has 0 spiro atoms. The fraction of sp³-hybridized carbons (Fsp3) is 0.909. The van der Waals surface area contributed by atoms with Crippen molar-refractivity contribution in [2.24, 2.45) is 0 Å². The maximum atomic E-state index is 8.52. The SMILES string of the molecule is COCCCCN(CCC#N)CCOC. The summed E-state index contributed by atoms with van der Waals surface area (Å²) in [5, 5.41) is 8.52. The monoisotopic (exact) mass is 214 g/mol. The molecule has 0 atom stereocenters. The fourth-order valence-corrected chi connectivity index (χ4v) is 1.35. The Hall–Kier alpha value is -0.630. The second-order valence-corrected chi connectivity index (χ2v) is 3.44. The molecule has 0 aliphatic rings. The molecule has 0 aromatic carbocycles. The second kappa shape index (κ2) is 11.4. The van der Waals surface area contributed by atoms with Crippen LogP contribution in [0.4, 0.5) is 0 Å². The first-order valence-electron chi connectivity index (χ1n) is 5.42. The molecule has 0 aliphatic carbocycles. The Morgan fingerprint density at radius 3 is 2.33 bits per heavy atom. The van der Waals surface area contributed by atoms with Crippen molar-refractivity contribution in [2.75, 3.05) is 47.1 Å². The van der Waals surface area contributed by atoms with Crippen molar-refractivity contribution in [1.29, 1.82) is 5.26 Å². The Morgan fingerprint density at radius 2 is 1.73 bits per heavy atom. The highest BCUT2D eigenvalue weighted by atomic mass is 16.5. The molecule has 15 heavy (non-hydrogen) atoms. The summed E-state index contributed by atoms with van der Waals surface area (Å²) in [5.41, 5.74) is 0. The van der Waals surface area contributed by atoms with Crippen LogP contribution >= 0.6 is 0 Å². The first-order valence-corrected chi connectivity index (χ1v) is 5.42. The average Bonchev–Trinajstić information content (AvgIpc) is 2.27. The lowest BCUT2D eigenvalue weighted by Crippen LogP contribution is -2.29. The van der Waals surface area contributed by atoms with Crippen molar-refractivity contribution in [3.63, 3.8) is 0 Å². The first-order chi connectivity index (χ1) is 7.35. The van der Waals surface area contributed by atoms with Gasteiger partial charge in [-0.2, -0.15) is 5.26 Å². The molecule has 0 amide bonds. The van der Waals surface area contributed by atoms with E-state index in [1.807, 2.05) is 0 Å². The molecule has 4 nitrogen and oxygen atoms in total. The third-order valence-electron chi connectivity index (χ3n) is 2.22. The number of hydrogen-bond acceptors (Lipinski definition) is 4. The topological polar surface area (TPSA) is 45.5 Å². The summed E-state index contributed by atoms with van der Waals surface area (Å²) >= 11 is 0. The molecule has 0 aromatic heterocycles. The minimum atomic E-state index is 0.591. The minimum Gasteiger partial charge on any atom is -0.385 e. The first kappa shape index (κ1) is 14.4. The number of nitriles is 1. The van der Waals surface area contributed by atoms with Crippen LogP contribution < -0.4 is 0 Å². The Morgan fingerprint density at radius 1 is 1.00 bits per heavy atom. The standard InChI is InChI=1S/C11H22N2O2/c1-14-10-4-3-7-13(8-5-6-12)9-11-15-2/h3-5,7-11H2,1-2H3. The molecule has 88 valence electrons. The van der Waals surface area contributed by atoms with Gasteiger partial charge in [-0.05, 0) is 19.4 Å². The number of hydrogen-bond donors (Lipinski definition) is 0. The van der Waals surface area contributed by atoms with Gasteiger partial charge in [0.2, 0.25) is 0 Å². The van der Waals surface area contributed by atoms with E-state index in [-0.39, 0.29) is 0 Å². The molecule has 0 radical (unpaired) electrons. The highest BCUT2D eigenvalue weighted by Gasteiger charge is 2.03. The van der Waals surface area contributed by atoms with E-state index >= 15 is 0 Å². The van der Waals surface area contributed by atoms with Crippen LogP contribution in [-0.2, 0) is 9.47 Å². The maximum Gasteiger partial charge on any atom is 0.0635 e. The van der Waals surface area contributed by atoms with Gasteiger partial charge in [0.25, 0.3) is 0 Å². The van der Waals surface area contributed by atoms with Gasteiger partial charge in [-0.1, -0.05) is 0 Å². The van der Waals surface area contributed by atoms with Gasteiger partial charge in [0.05, 0.1) is 12.7 Å². The fourth-order valence-electron chi connectivity index (χ4n) is 1.35.